The van der Waals surface area contributed by atoms with E-state index in [2.05, 4.69) is 4.98 Å². The number of imidazole rings is 1. The van der Waals surface area contributed by atoms with Gasteiger partial charge in [-0.1, -0.05) is 30.3 Å². The molecule has 0 atom stereocenters. The van der Waals surface area contributed by atoms with Gasteiger partial charge in [-0.15, -0.1) is 0 Å². The van der Waals surface area contributed by atoms with E-state index < -0.39 is 14.8 Å². The van der Waals surface area contributed by atoms with Gasteiger partial charge in [0.25, 0.3) is 0 Å². The molecule has 0 N–H and O–H groups in total. The molecule has 0 saturated heterocycles. The number of rotatable bonds is 4. The maximum Gasteiger partial charge on any atom is 0.343 e. The van der Waals surface area contributed by atoms with E-state index >= 15 is 0 Å². The predicted octanol–water partition coefficient (Wildman–Crippen LogP) is 1.30. The SMILES string of the molecule is Cn1c([N+](=O)[O-])cnc1S(=O)(=O)Cc1ccccc1. The van der Waals surface area contributed by atoms with Gasteiger partial charge in [0.1, 0.15) is 6.20 Å². The smallest absolute Gasteiger partial charge is 0.343 e. The molecule has 0 fully saturated rings. The lowest BCUT2D eigenvalue weighted by atomic mass is 10.2. The third kappa shape index (κ3) is 2.63. The van der Waals surface area contributed by atoms with Crippen molar-refractivity contribution in [3.8, 4) is 0 Å². The van der Waals surface area contributed by atoms with Crippen LogP contribution in [0.1, 0.15) is 5.56 Å². The fraction of sp³-hybridized carbons (Fsp3) is 0.182. The summed E-state index contributed by atoms with van der Waals surface area (Å²) in [7, 11) is -2.40. The Hall–Kier alpha value is -2.22. The fourth-order valence-corrected chi connectivity index (χ4v) is 3.19. The Morgan fingerprint density at radius 1 is 1.32 bits per heavy atom. The van der Waals surface area contributed by atoms with Crippen molar-refractivity contribution in [2.45, 2.75) is 10.9 Å². The van der Waals surface area contributed by atoms with E-state index in [-0.39, 0.29) is 16.7 Å². The van der Waals surface area contributed by atoms with Crippen molar-refractivity contribution in [3.63, 3.8) is 0 Å². The predicted molar refractivity (Wildman–Crippen MR) is 67.2 cm³/mol. The minimum absolute atomic E-state index is 0.240. The Morgan fingerprint density at radius 3 is 2.47 bits per heavy atom. The molecule has 0 amide bonds. The van der Waals surface area contributed by atoms with Gasteiger partial charge < -0.3 is 10.1 Å². The average Bonchev–Trinajstić information content (AvgIpc) is 2.72. The highest BCUT2D eigenvalue weighted by molar-refractivity contribution is 7.90. The molecule has 0 radical (unpaired) electrons. The van der Waals surface area contributed by atoms with Crippen LogP contribution in [0.3, 0.4) is 0 Å². The highest BCUT2D eigenvalue weighted by atomic mass is 32.2. The first kappa shape index (κ1) is 13.2. The second-order valence-corrected chi connectivity index (χ2v) is 5.84. The van der Waals surface area contributed by atoms with Crippen LogP contribution < -0.4 is 0 Å². The lowest BCUT2D eigenvalue weighted by Gasteiger charge is -2.02. The molecule has 0 aliphatic heterocycles. The van der Waals surface area contributed by atoms with Crippen LogP contribution >= 0.6 is 0 Å². The van der Waals surface area contributed by atoms with Crippen molar-refractivity contribution < 1.29 is 13.3 Å². The topological polar surface area (TPSA) is 95.1 Å². The van der Waals surface area contributed by atoms with Crippen LogP contribution in [0.25, 0.3) is 0 Å². The zero-order valence-electron chi connectivity index (χ0n) is 10.1. The van der Waals surface area contributed by atoms with E-state index in [1.807, 2.05) is 0 Å². The van der Waals surface area contributed by atoms with Crippen molar-refractivity contribution in [2.24, 2.45) is 7.05 Å². The molecular formula is C11H11N3O4S. The number of nitrogens with zero attached hydrogens (tertiary/aromatic N) is 3. The summed E-state index contributed by atoms with van der Waals surface area (Å²) < 4.78 is 25.3. The normalized spacial score (nSPS) is 11.4. The zero-order valence-corrected chi connectivity index (χ0v) is 10.9. The molecule has 7 nitrogen and oxygen atoms in total. The second-order valence-electron chi connectivity index (χ2n) is 3.96. The monoisotopic (exact) mass is 281 g/mol. The van der Waals surface area contributed by atoms with E-state index in [4.69, 9.17) is 0 Å². The fourth-order valence-electron chi connectivity index (χ4n) is 1.70. The van der Waals surface area contributed by atoms with Gasteiger partial charge in [0.15, 0.2) is 0 Å². The maximum atomic E-state index is 12.2. The van der Waals surface area contributed by atoms with E-state index in [0.717, 1.165) is 10.8 Å². The first-order valence-electron chi connectivity index (χ1n) is 5.34. The molecule has 1 aromatic heterocycles. The van der Waals surface area contributed by atoms with Crippen molar-refractivity contribution >= 4 is 15.7 Å². The van der Waals surface area contributed by atoms with Crippen molar-refractivity contribution in [2.75, 3.05) is 0 Å². The van der Waals surface area contributed by atoms with Gasteiger partial charge in [-0.25, -0.2) is 8.42 Å². The Kier molecular flexibility index (Phi) is 3.34. The van der Waals surface area contributed by atoms with Gasteiger partial charge in [-0.3, -0.25) is 0 Å². The highest BCUT2D eigenvalue weighted by Gasteiger charge is 2.28. The summed E-state index contributed by atoms with van der Waals surface area (Å²) in [5.74, 6) is -0.595. The van der Waals surface area contributed by atoms with E-state index in [1.165, 1.54) is 7.05 Å². The van der Waals surface area contributed by atoms with Crippen molar-refractivity contribution in [1.82, 2.24) is 9.55 Å². The van der Waals surface area contributed by atoms with Crippen molar-refractivity contribution in [1.29, 1.82) is 0 Å². The number of hydrogen-bond donors (Lipinski definition) is 0. The first-order valence-corrected chi connectivity index (χ1v) is 7.00. The summed E-state index contributed by atoms with van der Waals surface area (Å²) in [6.07, 6.45) is 0.942. The van der Waals surface area contributed by atoms with E-state index in [9.17, 15) is 18.5 Å². The zero-order chi connectivity index (χ0) is 14.0. The number of nitro groups is 1. The molecule has 0 spiro atoms. The molecular weight excluding hydrogens is 270 g/mol. The third-order valence-electron chi connectivity index (χ3n) is 2.59. The molecule has 0 aliphatic carbocycles. The minimum atomic E-state index is -3.71. The van der Waals surface area contributed by atoms with Gasteiger partial charge in [0, 0.05) is 0 Å². The Morgan fingerprint density at radius 2 is 1.95 bits per heavy atom. The standard InChI is InChI=1S/C11H11N3O4S/c1-13-10(14(15)16)7-12-11(13)19(17,18)8-9-5-3-2-4-6-9/h2-7H,8H2,1H3. The van der Waals surface area contributed by atoms with Gasteiger partial charge in [-0.05, 0) is 10.5 Å². The van der Waals surface area contributed by atoms with E-state index in [0.29, 0.717) is 5.56 Å². The molecule has 100 valence electrons. The van der Waals surface area contributed by atoms with Crippen LogP contribution in [-0.2, 0) is 22.6 Å². The molecule has 2 rings (SSSR count). The number of hydrogen-bond acceptors (Lipinski definition) is 5. The molecule has 2 aromatic rings. The Bertz CT molecular complexity index is 707. The molecule has 0 saturated carbocycles. The second kappa shape index (κ2) is 4.81. The number of sulfone groups is 1. The van der Waals surface area contributed by atoms with Crippen LogP contribution in [-0.4, -0.2) is 22.9 Å². The average molecular weight is 281 g/mol. The summed E-state index contributed by atoms with van der Waals surface area (Å²) in [6.45, 7) is 0. The minimum Gasteiger partial charge on any atom is -0.358 e. The Balaban J connectivity index is 2.38. The summed E-state index contributed by atoms with van der Waals surface area (Å²) >= 11 is 0. The van der Waals surface area contributed by atoms with Gasteiger partial charge in [-0.2, -0.15) is 9.55 Å². The summed E-state index contributed by atoms with van der Waals surface area (Å²) in [4.78, 5) is 13.6. The summed E-state index contributed by atoms with van der Waals surface area (Å²) in [6, 6.07) is 8.59. The number of benzene rings is 1. The summed E-state index contributed by atoms with van der Waals surface area (Å²) in [5, 5.41) is 10.4. The summed E-state index contributed by atoms with van der Waals surface area (Å²) in [5.41, 5.74) is 0.605. The lowest BCUT2D eigenvalue weighted by molar-refractivity contribution is -0.392. The molecule has 8 heteroatoms. The molecule has 1 heterocycles. The number of aromatic nitrogens is 2. The van der Waals surface area contributed by atoms with Gasteiger partial charge in [0.05, 0.1) is 12.8 Å². The first-order chi connectivity index (χ1) is 8.92. The molecule has 0 unspecified atom stereocenters. The molecule has 0 aliphatic rings. The largest absolute Gasteiger partial charge is 0.358 e. The molecule has 0 bridgehead atoms. The molecule has 1 aromatic carbocycles. The van der Waals surface area contributed by atoms with Gasteiger partial charge in [0.2, 0.25) is 9.84 Å². The maximum absolute atomic E-state index is 12.2. The van der Waals surface area contributed by atoms with Crippen LogP contribution in [0, 0.1) is 10.1 Å². The third-order valence-corrected chi connectivity index (χ3v) is 4.23. The van der Waals surface area contributed by atoms with Crippen molar-refractivity contribution in [3.05, 3.63) is 52.2 Å². The van der Waals surface area contributed by atoms with Crippen LogP contribution in [0.4, 0.5) is 5.82 Å². The van der Waals surface area contributed by atoms with E-state index in [1.54, 1.807) is 30.3 Å². The molecule has 19 heavy (non-hydrogen) atoms. The van der Waals surface area contributed by atoms with Crippen LogP contribution in [0.5, 0.6) is 0 Å². The van der Waals surface area contributed by atoms with Gasteiger partial charge >= 0.3 is 11.0 Å². The van der Waals surface area contributed by atoms with Crippen LogP contribution in [0.15, 0.2) is 41.7 Å². The highest BCUT2D eigenvalue weighted by Crippen LogP contribution is 2.19. The quantitative estimate of drug-likeness (QED) is 0.621. The lowest BCUT2D eigenvalue weighted by Crippen LogP contribution is -2.12. The Labute approximate surface area is 109 Å². The van der Waals surface area contributed by atoms with Crippen LogP contribution in [0.2, 0.25) is 0 Å².